The largest absolute Gasteiger partial charge is 0.379 e. The molecule has 8 nitrogen and oxygen atoms in total. The number of hydrogen-bond donors (Lipinski definition) is 1. The van der Waals surface area contributed by atoms with Crippen LogP contribution in [-0.4, -0.2) is 86.2 Å². The Bertz CT molecular complexity index is 539. The summed E-state index contributed by atoms with van der Waals surface area (Å²) in [6.07, 6.45) is 5.23. The zero-order valence-electron chi connectivity index (χ0n) is 15.0. The molecule has 3 fully saturated rings. The first-order valence-corrected chi connectivity index (χ1v) is 9.34. The first-order valence-electron chi connectivity index (χ1n) is 9.34. The van der Waals surface area contributed by atoms with Gasteiger partial charge in [0.25, 0.3) is 11.8 Å². The van der Waals surface area contributed by atoms with Crippen molar-refractivity contribution in [1.29, 1.82) is 0 Å². The van der Waals surface area contributed by atoms with E-state index in [-0.39, 0.29) is 30.9 Å². The molecular formula is C18H27N3O5. The van der Waals surface area contributed by atoms with Gasteiger partial charge < -0.3 is 19.7 Å². The molecule has 26 heavy (non-hydrogen) atoms. The Kier molecular flexibility index (Phi) is 6.76. The molecule has 4 aliphatic heterocycles. The highest BCUT2D eigenvalue weighted by Gasteiger charge is 2.34. The maximum Gasteiger partial charge on any atom is 0.253 e. The summed E-state index contributed by atoms with van der Waals surface area (Å²) < 4.78 is 10.8. The maximum absolute atomic E-state index is 12.0. The molecule has 0 radical (unpaired) electrons. The monoisotopic (exact) mass is 365 g/mol. The summed E-state index contributed by atoms with van der Waals surface area (Å²) in [5, 5.41) is 3.13. The standard InChI is InChI=1S/C18H27N3O5/c22-16(19-15-13-20-6-3-14(15)4-7-20)5-9-25-11-12-26-10-8-21-17(23)1-2-18(21)24/h1-2,14-15H,3-13H2,(H,19,22). The van der Waals surface area contributed by atoms with Crippen LogP contribution in [0, 0.1) is 5.92 Å². The van der Waals surface area contributed by atoms with Crippen molar-refractivity contribution in [3.8, 4) is 0 Å². The van der Waals surface area contributed by atoms with Crippen LogP contribution in [0.1, 0.15) is 19.3 Å². The second-order valence-corrected chi connectivity index (χ2v) is 6.95. The van der Waals surface area contributed by atoms with Crippen LogP contribution >= 0.6 is 0 Å². The van der Waals surface area contributed by atoms with Crippen molar-refractivity contribution in [2.75, 3.05) is 52.6 Å². The molecule has 1 unspecified atom stereocenters. The highest BCUT2D eigenvalue weighted by molar-refractivity contribution is 6.12. The molecule has 0 aromatic carbocycles. The molecular weight excluding hydrogens is 338 g/mol. The molecule has 3 saturated heterocycles. The topological polar surface area (TPSA) is 88.2 Å². The minimum Gasteiger partial charge on any atom is -0.379 e. The molecule has 0 saturated carbocycles. The number of fused-ring (bicyclic) bond motifs is 3. The zero-order chi connectivity index (χ0) is 18.4. The lowest BCUT2D eigenvalue weighted by Crippen LogP contribution is -2.57. The molecule has 1 N–H and O–H groups in total. The van der Waals surface area contributed by atoms with Gasteiger partial charge >= 0.3 is 0 Å². The SMILES string of the molecule is O=C(CCOCCOCCN1C(=O)C=CC1=O)NC1CN2CCC1CC2. The van der Waals surface area contributed by atoms with E-state index in [1.54, 1.807) is 0 Å². The van der Waals surface area contributed by atoms with E-state index in [1.165, 1.54) is 25.0 Å². The lowest BCUT2D eigenvalue weighted by atomic mass is 9.84. The fourth-order valence-corrected chi connectivity index (χ4v) is 3.70. The highest BCUT2D eigenvalue weighted by Crippen LogP contribution is 2.27. The molecule has 3 amide bonds. The van der Waals surface area contributed by atoms with Gasteiger partial charge in [-0.1, -0.05) is 0 Å². The van der Waals surface area contributed by atoms with E-state index in [2.05, 4.69) is 10.2 Å². The Morgan fingerprint density at radius 3 is 2.31 bits per heavy atom. The number of hydrogen-bond acceptors (Lipinski definition) is 6. The second kappa shape index (κ2) is 9.25. The molecule has 2 bridgehead atoms. The van der Waals surface area contributed by atoms with Gasteiger partial charge in [-0.05, 0) is 31.8 Å². The number of carbonyl (C=O) groups excluding carboxylic acids is 3. The molecule has 0 spiro atoms. The summed E-state index contributed by atoms with van der Waals surface area (Å²) in [4.78, 5) is 38.2. The molecule has 8 heteroatoms. The van der Waals surface area contributed by atoms with Gasteiger partial charge in [0.15, 0.2) is 0 Å². The number of nitrogens with zero attached hydrogens (tertiary/aromatic N) is 2. The van der Waals surface area contributed by atoms with Gasteiger partial charge in [-0.3, -0.25) is 19.3 Å². The van der Waals surface area contributed by atoms with E-state index >= 15 is 0 Å². The van der Waals surface area contributed by atoms with Crippen molar-refractivity contribution < 1.29 is 23.9 Å². The molecule has 4 rings (SSSR count). The number of piperidine rings is 3. The predicted molar refractivity (Wildman–Crippen MR) is 93.2 cm³/mol. The Labute approximate surface area is 153 Å². The number of rotatable bonds is 10. The van der Waals surface area contributed by atoms with Crippen LogP contribution in [0.4, 0.5) is 0 Å². The maximum atomic E-state index is 12.0. The normalized spacial score (nSPS) is 27.4. The van der Waals surface area contributed by atoms with E-state index in [0.717, 1.165) is 24.5 Å². The van der Waals surface area contributed by atoms with Crippen LogP contribution in [0.25, 0.3) is 0 Å². The van der Waals surface area contributed by atoms with Crippen molar-refractivity contribution in [3.63, 3.8) is 0 Å². The molecule has 1 atom stereocenters. The van der Waals surface area contributed by atoms with Crippen molar-refractivity contribution >= 4 is 17.7 Å². The number of amides is 3. The lowest BCUT2D eigenvalue weighted by molar-refractivity contribution is -0.137. The predicted octanol–water partition coefficient (Wildman–Crippen LogP) is -0.455. The summed E-state index contributed by atoms with van der Waals surface area (Å²) in [7, 11) is 0. The number of imide groups is 1. The summed E-state index contributed by atoms with van der Waals surface area (Å²) in [5.74, 6) is 0.0683. The third-order valence-corrected chi connectivity index (χ3v) is 5.21. The minimum absolute atomic E-state index is 0.0447. The van der Waals surface area contributed by atoms with Gasteiger partial charge in [-0.15, -0.1) is 0 Å². The first-order chi connectivity index (χ1) is 12.6. The van der Waals surface area contributed by atoms with Crippen LogP contribution in [0.2, 0.25) is 0 Å². The number of nitrogens with one attached hydrogen (secondary N) is 1. The second-order valence-electron chi connectivity index (χ2n) is 6.95. The fourth-order valence-electron chi connectivity index (χ4n) is 3.70. The zero-order valence-corrected chi connectivity index (χ0v) is 15.0. The van der Waals surface area contributed by atoms with Gasteiger partial charge in [-0.25, -0.2) is 0 Å². The Hall–Kier alpha value is -1.77. The van der Waals surface area contributed by atoms with Crippen molar-refractivity contribution in [2.45, 2.75) is 25.3 Å². The minimum atomic E-state index is -0.302. The summed E-state index contributed by atoms with van der Waals surface area (Å²) in [6.45, 7) is 4.94. The third kappa shape index (κ3) is 5.12. The quantitative estimate of drug-likeness (QED) is 0.417. The van der Waals surface area contributed by atoms with Crippen LogP contribution in [-0.2, 0) is 23.9 Å². The molecule has 0 aliphatic carbocycles. The van der Waals surface area contributed by atoms with Crippen molar-refractivity contribution in [1.82, 2.24) is 15.1 Å². The average Bonchev–Trinajstić information content (AvgIpc) is 2.96. The van der Waals surface area contributed by atoms with E-state index < -0.39 is 0 Å². The van der Waals surface area contributed by atoms with Gasteiger partial charge in [0, 0.05) is 31.2 Å². The molecule has 0 aromatic rings. The molecule has 4 aliphatic rings. The molecule has 0 aromatic heterocycles. The third-order valence-electron chi connectivity index (χ3n) is 5.21. The molecule has 4 heterocycles. The van der Waals surface area contributed by atoms with Gasteiger partial charge in [0.1, 0.15) is 0 Å². The first kappa shape index (κ1) is 19.0. The van der Waals surface area contributed by atoms with E-state index in [1.807, 2.05) is 0 Å². The smallest absolute Gasteiger partial charge is 0.253 e. The summed E-state index contributed by atoms with van der Waals surface area (Å²) in [5.41, 5.74) is 0. The Morgan fingerprint density at radius 1 is 1.04 bits per heavy atom. The van der Waals surface area contributed by atoms with Crippen LogP contribution < -0.4 is 5.32 Å². The highest BCUT2D eigenvalue weighted by atomic mass is 16.5. The Balaban J connectivity index is 1.17. The lowest BCUT2D eigenvalue weighted by Gasteiger charge is -2.44. The number of carbonyl (C=O) groups is 3. The van der Waals surface area contributed by atoms with E-state index in [0.29, 0.717) is 38.2 Å². The van der Waals surface area contributed by atoms with Gasteiger partial charge in [0.05, 0.1) is 33.0 Å². The van der Waals surface area contributed by atoms with E-state index in [9.17, 15) is 14.4 Å². The van der Waals surface area contributed by atoms with Crippen LogP contribution in [0.15, 0.2) is 12.2 Å². The number of ether oxygens (including phenoxy) is 2. The van der Waals surface area contributed by atoms with Crippen molar-refractivity contribution in [3.05, 3.63) is 12.2 Å². The van der Waals surface area contributed by atoms with Gasteiger partial charge in [-0.2, -0.15) is 0 Å². The summed E-state index contributed by atoms with van der Waals surface area (Å²) in [6, 6.07) is 0.291. The van der Waals surface area contributed by atoms with Crippen molar-refractivity contribution in [2.24, 2.45) is 5.92 Å². The van der Waals surface area contributed by atoms with Gasteiger partial charge in [0.2, 0.25) is 5.91 Å². The van der Waals surface area contributed by atoms with Crippen LogP contribution in [0.5, 0.6) is 0 Å². The fraction of sp³-hybridized carbons (Fsp3) is 0.722. The average molecular weight is 365 g/mol. The summed E-state index contributed by atoms with van der Waals surface area (Å²) >= 11 is 0. The van der Waals surface area contributed by atoms with E-state index in [4.69, 9.17) is 9.47 Å². The van der Waals surface area contributed by atoms with Crippen LogP contribution in [0.3, 0.4) is 0 Å². The Morgan fingerprint density at radius 2 is 1.69 bits per heavy atom. The molecule has 144 valence electrons.